The molecule has 108 valence electrons. The predicted molar refractivity (Wildman–Crippen MR) is 85.4 cm³/mol. The van der Waals surface area contributed by atoms with Crippen LogP contribution in [-0.2, 0) is 0 Å². The van der Waals surface area contributed by atoms with Gasteiger partial charge in [-0.15, -0.1) is 0 Å². The van der Waals surface area contributed by atoms with Gasteiger partial charge in [-0.25, -0.2) is 0 Å². The summed E-state index contributed by atoms with van der Waals surface area (Å²) >= 11 is 0. The van der Waals surface area contributed by atoms with Gasteiger partial charge in [0.1, 0.15) is 17.2 Å². The monoisotopic (exact) mass is 282 g/mol. The van der Waals surface area contributed by atoms with Crippen LogP contribution in [0.1, 0.15) is 11.1 Å². The van der Waals surface area contributed by atoms with Gasteiger partial charge in [-0.3, -0.25) is 0 Å². The zero-order valence-electron chi connectivity index (χ0n) is 11.5. The quantitative estimate of drug-likeness (QED) is 0.648. The second kappa shape index (κ2) is 6.26. The van der Waals surface area contributed by atoms with Crippen LogP contribution in [0, 0.1) is 0 Å². The summed E-state index contributed by atoms with van der Waals surface area (Å²) in [5.41, 5.74) is 12.0. The summed E-state index contributed by atoms with van der Waals surface area (Å²) in [5.74, 6) is 0.323. The van der Waals surface area contributed by atoms with E-state index in [0.717, 1.165) is 0 Å². The Kier molecular flexibility index (Phi) is 4.42. The van der Waals surface area contributed by atoms with E-state index in [9.17, 15) is 10.2 Å². The minimum Gasteiger partial charge on any atom is -0.507 e. The fourth-order valence-corrected chi connectivity index (χ4v) is 1.78. The molecule has 0 amide bonds. The summed E-state index contributed by atoms with van der Waals surface area (Å²) in [6.07, 6.45) is 6.48. The van der Waals surface area contributed by atoms with Gasteiger partial charge in [0, 0.05) is 11.1 Å². The molecule has 4 heteroatoms. The molecule has 0 aromatic heterocycles. The molecule has 2 aromatic carbocycles. The molecule has 0 aliphatic carbocycles. The topological polar surface area (TPSA) is 92.5 Å². The number of benzene rings is 2. The Bertz CT molecular complexity index is 618. The minimum atomic E-state index is -1.19. The molecule has 0 heterocycles. The Morgan fingerprint density at radius 2 is 1.10 bits per heavy atom. The number of para-hydroxylation sites is 2. The molecule has 4 nitrogen and oxygen atoms in total. The first kappa shape index (κ1) is 14.8. The van der Waals surface area contributed by atoms with Gasteiger partial charge >= 0.3 is 0 Å². The molecule has 0 saturated carbocycles. The maximum atomic E-state index is 9.67. The van der Waals surface area contributed by atoms with Crippen molar-refractivity contribution in [2.24, 2.45) is 11.5 Å². The van der Waals surface area contributed by atoms with Crippen LogP contribution in [-0.4, -0.2) is 15.9 Å². The highest BCUT2D eigenvalue weighted by Crippen LogP contribution is 2.20. The van der Waals surface area contributed by atoms with E-state index in [1.54, 1.807) is 60.7 Å². The number of nitrogens with two attached hydrogens (primary N) is 2. The zero-order valence-corrected chi connectivity index (χ0v) is 11.5. The van der Waals surface area contributed by atoms with Crippen molar-refractivity contribution in [2.45, 2.75) is 5.66 Å². The van der Waals surface area contributed by atoms with Crippen molar-refractivity contribution in [2.75, 3.05) is 0 Å². The predicted octanol–water partition coefficient (Wildman–Crippen LogP) is 2.44. The zero-order chi connectivity index (χ0) is 15.3. The van der Waals surface area contributed by atoms with Crippen molar-refractivity contribution in [3.63, 3.8) is 0 Å². The van der Waals surface area contributed by atoms with Crippen molar-refractivity contribution in [1.82, 2.24) is 0 Å². The van der Waals surface area contributed by atoms with Gasteiger partial charge in [0.05, 0.1) is 0 Å². The van der Waals surface area contributed by atoms with Crippen LogP contribution >= 0.6 is 0 Å². The molecule has 0 fully saturated rings. The first-order valence-electron chi connectivity index (χ1n) is 6.50. The number of phenolic OH excluding ortho intramolecular Hbond substituents is 2. The molecule has 0 unspecified atom stereocenters. The van der Waals surface area contributed by atoms with E-state index in [1.165, 1.54) is 0 Å². The lowest BCUT2D eigenvalue weighted by atomic mass is 10.1. The van der Waals surface area contributed by atoms with Gasteiger partial charge in [-0.05, 0) is 24.3 Å². The molecule has 0 spiro atoms. The van der Waals surface area contributed by atoms with Crippen LogP contribution < -0.4 is 11.5 Å². The standard InChI is InChI=1S/C17H18N2O2/c18-17(19,11-9-13-5-1-3-7-15(13)20)12-10-14-6-2-4-8-16(14)21/h1-12,20-21H,18-19H2. The van der Waals surface area contributed by atoms with Gasteiger partial charge in [0.15, 0.2) is 0 Å². The SMILES string of the molecule is NC(N)(C=Cc1ccccc1O)C=Cc1ccccc1O. The molecular formula is C17H18N2O2. The Labute approximate surface area is 123 Å². The normalized spacial score (nSPS) is 12.3. The van der Waals surface area contributed by atoms with Crippen molar-refractivity contribution in [1.29, 1.82) is 0 Å². The first-order valence-corrected chi connectivity index (χ1v) is 6.50. The van der Waals surface area contributed by atoms with Crippen LogP contribution in [0.15, 0.2) is 60.7 Å². The molecule has 0 radical (unpaired) electrons. The van der Waals surface area contributed by atoms with Gasteiger partial charge in [0.2, 0.25) is 0 Å². The molecule has 0 aliphatic heterocycles. The lowest BCUT2D eigenvalue weighted by Gasteiger charge is -2.15. The summed E-state index contributed by atoms with van der Waals surface area (Å²) in [6, 6.07) is 13.8. The van der Waals surface area contributed by atoms with E-state index in [2.05, 4.69) is 0 Å². The largest absolute Gasteiger partial charge is 0.507 e. The lowest BCUT2D eigenvalue weighted by molar-refractivity contribution is 0.473. The molecule has 21 heavy (non-hydrogen) atoms. The number of rotatable bonds is 4. The smallest absolute Gasteiger partial charge is 0.122 e. The molecule has 0 saturated heterocycles. The maximum absolute atomic E-state index is 9.67. The average Bonchev–Trinajstić information content (AvgIpc) is 2.46. The Hall–Kier alpha value is -2.56. The van der Waals surface area contributed by atoms with Crippen molar-refractivity contribution in [3.8, 4) is 11.5 Å². The summed E-state index contributed by atoms with van der Waals surface area (Å²) in [5, 5.41) is 19.3. The molecule has 2 rings (SSSR count). The third kappa shape index (κ3) is 4.21. The highest BCUT2D eigenvalue weighted by Gasteiger charge is 2.10. The van der Waals surface area contributed by atoms with Gasteiger partial charge < -0.3 is 21.7 Å². The average molecular weight is 282 g/mol. The summed E-state index contributed by atoms with van der Waals surface area (Å²) in [7, 11) is 0. The Balaban J connectivity index is 2.16. The van der Waals surface area contributed by atoms with Crippen molar-refractivity contribution in [3.05, 3.63) is 71.8 Å². The third-order valence-electron chi connectivity index (χ3n) is 2.98. The lowest BCUT2D eigenvalue weighted by Crippen LogP contribution is -2.45. The molecule has 0 atom stereocenters. The van der Waals surface area contributed by atoms with Crippen LogP contribution in [0.2, 0.25) is 0 Å². The summed E-state index contributed by atoms with van der Waals surface area (Å²) < 4.78 is 0. The van der Waals surface area contributed by atoms with Gasteiger partial charge in [0.25, 0.3) is 0 Å². The van der Waals surface area contributed by atoms with Crippen molar-refractivity contribution < 1.29 is 10.2 Å². The number of hydrogen-bond donors (Lipinski definition) is 4. The fraction of sp³-hybridized carbons (Fsp3) is 0.0588. The Morgan fingerprint density at radius 1 is 0.714 bits per heavy atom. The third-order valence-corrected chi connectivity index (χ3v) is 2.98. The molecule has 0 aliphatic rings. The highest BCUT2D eigenvalue weighted by atomic mass is 16.3. The Morgan fingerprint density at radius 3 is 1.48 bits per heavy atom. The van der Waals surface area contributed by atoms with Crippen LogP contribution in [0.3, 0.4) is 0 Å². The van der Waals surface area contributed by atoms with E-state index in [4.69, 9.17) is 11.5 Å². The second-order valence-electron chi connectivity index (χ2n) is 4.78. The molecular weight excluding hydrogens is 264 g/mol. The van der Waals surface area contributed by atoms with Gasteiger partial charge in [-0.2, -0.15) is 0 Å². The molecule has 6 N–H and O–H groups in total. The summed E-state index contributed by atoms with van der Waals surface area (Å²) in [6.45, 7) is 0. The van der Waals surface area contributed by atoms with Crippen LogP contribution in [0.5, 0.6) is 11.5 Å². The number of phenols is 2. The first-order chi connectivity index (χ1) is 9.98. The minimum absolute atomic E-state index is 0.161. The second-order valence-corrected chi connectivity index (χ2v) is 4.78. The van der Waals surface area contributed by atoms with Crippen molar-refractivity contribution >= 4 is 12.2 Å². The molecule has 0 bridgehead atoms. The number of aromatic hydroxyl groups is 2. The van der Waals surface area contributed by atoms with E-state index in [1.807, 2.05) is 12.1 Å². The van der Waals surface area contributed by atoms with Crippen LogP contribution in [0.25, 0.3) is 12.2 Å². The molecule has 2 aromatic rings. The number of hydrogen-bond acceptors (Lipinski definition) is 4. The summed E-state index contributed by atoms with van der Waals surface area (Å²) in [4.78, 5) is 0. The highest BCUT2D eigenvalue weighted by molar-refractivity contribution is 5.61. The fourth-order valence-electron chi connectivity index (χ4n) is 1.78. The van der Waals surface area contributed by atoms with Crippen LogP contribution in [0.4, 0.5) is 0 Å². The van der Waals surface area contributed by atoms with E-state index in [0.29, 0.717) is 11.1 Å². The van der Waals surface area contributed by atoms with Gasteiger partial charge in [-0.1, -0.05) is 48.6 Å². The van der Waals surface area contributed by atoms with E-state index >= 15 is 0 Å². The van der Waals surface area contributed by atoms with E-state index in [-0.39, 0.29) is 11.5 Å². The maximum Gasteiger partial charge on any atom is 0.122 e. The van der Waals surface area contributed by atoms with E-state index < -0.39 is 5.66 Å².